The first-order valence-corrected chi connectivity index (χ1v) is 8.49. The second kappa shape index (κ2) is 6.11. The lowest BCUT2D eigenvalue weighted by atomic mass is 10.0. The van der Waals surface area contributed by atoms with Crippen molar-refractivity contribution in [2.24, 2.45) is 0 Å². The van der Waals surface area contributed by atoms with E-state index in [0.717, 1.165) is 30.5 Å². The average Bonchev–Trinajstić information content (AvgIpc) is 3.05. The van der Waals surface area contributed by atoms with Gasteiger partial charge in [0, 0.05) is 23.7 Å². The Morgan fingerprint density at radius 1 is 1.17 bits per heavy atom. The van der Waals surface area contributed by atoms with Crippen molar-refractivity contribution in [3.63, 3.8) is 0 Å². The molecule has 0 N–H and O–H groups in total. The van der Waals surface area contributed by atoms with Crippen LogP contribution in [0.4, 0.5) is 0 Å². The Morgan fingerprint density at radius 3 is 2.79 bits per heavy atom. The molecule has 1 atom stereocenters. The van der Waals surface area contributed by atoms with E-state index in [1.165, 1.54) is 6.42 Å². The molecule has 2 heterocycles. The number of nitrogens with zero attached hydrogens (tertiary/aromatic N) is 2. The normalized spacial score (nSPS) is 18.0. The number of benzene rings is 2. The van der Waals surface area contributed by atoms with Gasteiger partial charge < -0.3 is 9.32 Å². The first-order valence-electron chi connectivity index (χ1n) is 8.49. The molecule has 0 radical (unpaired) electrons. The summed E-state index contributed by atoms with van der Waals surface area (Å²) in [6.07, 6.45) is 3.37. The van der Waals surface area contributed by atoms with Crippen molar-refractivity contribution < 1.29 is 9.21 Å². The molecule has 1 fully saturated rings. The molecule has 24 heavy (non-hydrogen) atoms. The molecule has 0 aliphatic carbocycles. The zero-order valence-corrected chi connectivity index (χ0v) is 13.7. The average molecular weight is 320 g/mol. The van der Waals surface area contributed by atoms with E-state index in [0.29, 0.717) is 23.1 Å². The summed E-state index contributed by atoms with van der Waals surface area (Å²) in [5.74, 6) is 0.676. The van der Waals surface area contributed by atoms with Gasteiger partial charge in [-0.05, 0) is 56.5 Å². The minimum absolute atomic E-state index is 0.0911. The summed E-state index contributed by atoms with van der Waals surface area (Å²) in [5.41, 5.74) is 3.05. The molecule has 4 heteroatoms. The Bertz CT molecular complexity index is 870. The van der Waals surface area contributed by atoms with Gasteiger partial charge in [0.1, 0.15) is 5.52 Å². The van der Waals surface area contributed by atoms with E-state index in [2.05, 4.69) is 11.9 Å². The molecule has 1 saturated heterocycles. The van der Waals surface area contributed by atoms with Gasteiger partial charge in [-0.2, -0.15) is 0 Å². The fourth-order valence-electron chi connectivity index (χ4n) is 3.33. The first kappa shape index (κ1) is 14.9. The molecular weight excluding hydrogens is 300 g/mol. The molecule has 3 aromatic rings. The predicted octanol–water partition coefficient (Wildman–Crippen LogP) is 4.51. The van der Waals surface area contributed by atoms with Crippen LogP contribution in [0.25, 0.3) is 22.6 Å². The van der Waals surface area contributed by atoms with Crippen LogP contribution in [-0.2, 0) is 0 Å². The molecule has 0 saturated carbocycles. The van der Waals surface area contributed by atoms with E-state index in [1.54, 1.807) is 0 Å². The van der Waals surface area contributed by atoms with E-state index in [-0.39, 0.29) is 5.91 Å². The quantitative estimate of drug-likeness (QED) is 0.698. The third kappa shape index (κ3) is 2.68. The highest BCUT2D eigenvalue weighted by molar-refractivity contribution is 5.97. The molecule has 4 nitrogen and oxygen atoms in total. The Morgan fingerprint density at radius 2 is 2.00 bits per heavy atom. The lowest BCUT2D eigenvalue weighted by Gasteiger charge is -2.33. The number of aromatic nitrogens is 1. The molecule has 0 unspecified atom stereocenters. The monoisotopic (exact) mass is 320 g/mol. The highest BCUT2D eigenvalue weighted by Crippen LogP contribution is 2.26. The number of hydrogen-bond acceptors (Lipinski definition) is 3. The number of fused-ring (bicyclic) bond motifs is 1. The molecule has 122 valence electrons. The number of carbonyl (C=O) groups excluding carboxylic acids is 1. The third-order valence-corrected chi connectivity index (χ3v) is 4.72. The summed E-state index contributed by atoms with van der Waals surface area (Å²) < 4.78 is 5.82. The van der Waals surface area contributed by atoms with Crippen LogP contribution < -0.4 is 0 Å². The number of amides is 1. The van der Waals surface area contributed by atoms with Gasteiger partial charge in [0.25, 0.3) is 5.91 Å². The van der Waals surface area contributed by atoms with Crippen molar-refractivity contribution in [1.82, 2.24) is 9.88 Å². The number of carbonyl (C=O) groups is 1. The largest absolute Gasteiger partial charge is 0.436 e. The maximum Gasteiger partial charge on any atom is 0.254 e. The summed E-state index contributed by atoms with van der Waals surface area (Å²) in [7, 11) is 0. The minimum Gasteiger partial charge on any atom is -0.436 e. The Labute approximate surface area is 141 Å². The maximum absolute atomic E-state index is 12.8. The van der Waals surface area contributed by atoms with Crippen LogP contribution in [0.2, 0.25) is 0 Å². The number of hydrogen-bond donors (Lipinski definition) is 0. The maximum atomic E-state index is 12.8. The van der Waals surface area contributed by atoms with Crippen molar-refractivity contribution in [2.75, 3.05) is 6.54 Å². The molecule has 1 aliphatic heterocycles. The van der Waals surface area contributed by atoms with Gasteiger partial charge in [-0.15, -0.1) is 0 Å². The second-order valence-corrected chi connectivity index (χ2v) is 6.41. The molecule has 0 bridgehead atoms. The highest BCUT2D eigenvalue weighted by atomic mass is 16.3. The Kier molecular flexibility index (Phi) is 3.81. The van der Waals surface area contributed by atoms with Crippen LogP contribution in [0.3, 0.4) is 0 Å². The third-order valence-electron chi connectivity index (χ3n) is 4.72. The van der Waals surface area contributed by atoms with Gasteiger partial charge in [-0.25, -0.2) is 4.98 Å². The van der Waals surface area contributed by atoms with Crippen molar-refractivity contribution in [3.8, 4) is 11.5 Å². The van der Waals surface area contributed by atoms with E-state index in [9.17, 15) is 4.79 Å². The van der Waals surface area contributed by atoms with Gasteiger partial charge >= 0.3 is 0 Å². The standard InChI is InChI=1S/C20H20N2O2/c1-14-7-5-6-12-22(14)20(23)16-10-11-18-17(13-16)21-19(24-18)15-8-3-2-4-9-15/h2-4,8-11,13-14H,5-7,12H2,1H3/t14-/m1/s1. The molecule has 4 rings (SSSR count). The van der Waals surface area contributed by atoms with Gasteiger partial charge in [-0.3, -0.25) is 4.79 Å². The van der Waals surface area contributed by atoms with Gasteiger partial charge in [0.2, 0.25) is 5.89 Å². The van der Waals surface area contributed by atoms with E-state index >= 15 is 0 Å². The molecule has 1 aromatic heterocycles. The van der Waals surface area contributed by atoms with Crippen LogP contribution in [0.1, 0.15) is 36.5 Å². The minimum atomic E-state index is 0.0911. The van der Waals surface area contributed by atoms with Crippen molar-refractivity contribution >= 4 is 17.0 Å². The summed E-state index contributed by atoms with van der Waals surface area (Å²) in [5, 5.41) is 0. The van der Waals surface area contributed by atoms with Crippen molar-refractivity contribution in [2.45, 2.75) is 32.2 Å². The number of rotatable bonds is 2. The van der Waals surface area contributed by atoms with Gasteiger partial charge in [-0.1, -0.05) is 18.2 Å². The molecule has 2 aromatic carbocycles. The predicted molar refractivity (Wildman–Crippen MR) is 93.8 cm³/mol. The molecule has 1 amide bonds. The van der Waals surface area contributed by atoms with Crippen molar-refractivity contribution in [1.29, 1.82) is 0 Å². The van der Waals surface area contributed by atoms with Crippen LogP contribution in [0, 0.1) is 0 Å². The van der Waals surface area contributed by atoms with Crippen LogP contribution in [0.15, 0.2) is 52.9 Å². The first-order chi connectivity index (χ1) is 11.7. The zero-order valence-electron chi connectivity index (χ0n) is 13.7. The Hall–Kier alpha value is -2.62. The van der Waals surface area contributed by atoms with Gasteiger partial charge in [0.15, 0.2) is 5.58 Å². The number of likely N-dealkylation sites (tertiary alicyclic amines) is 1. The lowest BCUT2D eigenvalue weighted by Crippen LogP contribution is -2.42. The lowest BCUT2D eigenvalue weighted by molar-refractivity contribution is 0.0636. The van der Waals surface area contributed by atoms with Crippen LogP contribution in [-0.4, -0.2) is 28.4 Å². The van der Waals surface area contributed by atoms with Crippen LogP contribution >= 0.6 is 0 Å². The SMILES string of the molecule is C[C@@H]1CCCCN1C(=O)c1ccc2oc(-c3ccccc3)nc2c1. The van der Waals surface area contributed by atoms with Crippen LogP contribution in [0.5, 0.6) is 0 Å². The molecule has 1 aliphatic rings. The number of piperidine rings is 1. The zero-order chi connectivity index (χ0) is 16.5. The van der Waals surface area contributed by atoms with E-state index in [1.807, 2.05) is 53.4 Å². The topological polar surface area (TPSA) is 46.3 Å². The summed E-state index contributed by atoms with van der Waals surface area (Å²) in [6, 6.07) is 15.6. The molecule has 0 spiro atoms. The smallest absolute Gasteiger partial charge is 0.254 e. The highest BCUT2D eigenvalue weighted by Gasteiger charge is 2.24. The van der Waals surface area contributed by atoms with E-state index < -0.39 is 0 Å². The molecular formula is C20H20N2O2. The summed E-state index contributed by atoms with van der Waals surface area (Å²) in [4.78, 5) is 19.3. The van der Waals surface area contributed by atoms with Crippen molar-refractivity contribution in [3.05, 3.63) is 54.1 Å². The van der Waals surface area contributed by atoms with E-state index in [4.69, 9.17) is 4.42 Å². The summed E-state index contributed by atoms with van der Waals surface area (Å²) >= 11 is 0. The fraction of sp³-hybridized carbons (Fsp3) is 0.300. The van der Waals surface area contributed by atoms with Gasteiger partial charge in [0.05, 0.1) is 0 Å². The Balaban J connectivity index is 1.67. The second-order valence-electron chi connectivity index (χ2n) is 6.41. The summed E-state index contributed by atoms with van der Waals surface area (Å²) in [6.45, 7) is 2.96. The number of oxazole rings is 1. The fourth-order valence-corrected chi connectivity index (χ4v) is 3.33.